The number of allylic oxidation sites excluding steroid dienone is 2. The quantitative estimate of drug-likeness (QED) is 0.317. The van der Waals surface area contributed by atoms with E-state index >= 15 is 0 Å². The molecule has 0 aromatic carbocycles. The Morgan fingerprint density at radius 3 is 2.68 bits per heavy atom. The molecule has 28 heavy (non-hydrogen) atoms. The Balaban J connectivity index is 1.73. The third kappa shape index (κ3) is 3.89. The Bertz CT molecular complexity index is 833. The molecule has 0 saturated carbocycles. The molecule has 0 aliphatic carbocycles. The summed E-state index contributed by atoms with van der Waals surface area (Å²) in [5.41, 5.74) is 7.75. The molecule has 6 nitrogen and oxygen atoms in total. The molecule has 0 fully saturated rings. The summed E-state index contributed by atoms with van der Waals surface area (Å²) in [6.45, 7) is 2.18. The molecule has 2 aliphatic heterocycles. The van der Waals surface area contributed by atoms with Crippen molar-refractivity contribution in [2.45, 2.75) is 45.3 Å². The molecule has 2 unspecified atom stereocenters. The molecule has 1 aromatic heterocycles. The van der Waals surface area contributed by atoms with Gasteiger partial charge in [-0.2, -0.15) is 8.78 Å². The number of hydrogen-bond donors (Lipinski definition) is 2. The monoisotopic (exact) mass is 422 g/mol. The number of nitrogens with one attached hydrogen (secondary N) is 2. The van der Waals surface area contributed by atoms with Crippen molar-refractivity contribution in [1.82, 2.24) is 15.8 Å². The van der Waals surface area contributed by atoms with Crippen molar-refractivity contribution >= 4 is 11.6 Å². The van der Waals surface area contributed by atoms with Gasteiger partial charge in [-0.25, -0.2) is 13.8 Å². The molecule has 0 spiro atoms. The van der Waals surface area contributed by atoms with E-state index in [-0.39, 0.29) is 19.0 Å². The fourth-order valence-electron chi connectivity index (χ4n) is 3.13. The van der Waals surface area contributed by atoms with Gasteiger partial charge in [0, 0.05) is 17.3 Å². The van der Waals surface area contributed by atoms with Crippen LogP contribution in [0.5, 0.6) is 0 Å². The number of halogens is 5. The summed E-state index contributed by atoms with van der Waals surface area (Å²) in [7, 11) is 0. The smallest absolute Gasteiger partial charge is 0.340 e. The molecule has 2 aliphatic rings. The van der Waals surface area contributed by atoms with E-state index in [1.165, 1.54) is 0 Å². The first-order chi connectivity index (χ1) is 13.0. The minimum absolute atomic E-state index is 0.106. The molecule has 0 radical (unpaired) electrons. The number of fused-ring (bicyclic) bond motifs is 1. The van der Waals surface area contributed by atoms with Gasteiger partial charge in [-0.1, -0.05) is 11.6 Å². The van der Waals surface area contributed by atoms with Crippen LogP contribution in [0.2, 0.25) is 5.15 Å². The van der Waals surface area contributed by atoms with E-state index < -0.39 is 29.6 Å². The molecule has 11 heteroatoms. The summed E-state index contributed by atoms with van der Waals surface area (Å²) in [5, 5.41) is 13.6. The second-order valence-electron chi connectivity index (χ2n) is 6.90. The fourth-order valence-corrected chi connectivity index (χ4v) is 3.36. The molecule has 0 amide bonds. The first-order valence-corrected chi connectivity index (χ1v) is 8.84. The van der Waals surface area contributed by atoms with Crippen LogP contribution in [0.4, 0.5) is 17.6 Å². The minimum Gasteiger partial charge on any atom is -0.632 e. The molecule has 3 heterocycles. The van der Waals surface area contributed by atoms with E-state index in [0.717, 1.165) is 5.56 Å². The average Bonchev–Trinajstić information content (AvgIpc) is 2.99. The van der Waals surface area contributed by atoms with Crippen molar-refractivity contribution in [2.24, 2.45) is 0 Å². The lowest BCUT2D eigenvalue weighted by atomic mass is 10.1. The maximum absolute atomic E-state index is 13.3. The highest BCUT2D eigenvalue weighted by atomic mass is 35.5. The van der Waals surface area contributed by atoms with E-state index in [1.807, 2.05) is 0 Å². The summed E-state index contributed by atoms with van der Waals surface area (Å²) < 4.78 is 54.7. The van der Waals surface area contributed by atoms with Crippen molar-refractivity contribution < 1.29 is 26.9 Å². The van der Waals surface area contributed by atoms with E-state index in [0.29, 0.717) is 22.0 Å². The van der Waals surface area contributed by atoms with Crippen LogP contribution >= 0.6 is 11.6 Å². The number of hydrogen-bond acceptors (Lipinski definition) is 5. The Kier molecular flexibility index (Phi) is 5.48. The predicted octanol–water partition coefficient (Wildman–Crippen LogP) is 3.59. The van der Waals surface area contributed by atoms with Gasteiger partial charge in [0.2, 0.25) is 5.88 Å². The number of hydroxylamine groups is 3. The summed E-state index contributed by atoms with van der Waals surface area (Å²) in [6, 6.07) is 1.21. The number of ether oxygens (including phenoxy) is 1. The van der Waals surface area contributed by atoms with Gasteiger partial charge in [0.05, 0.1) is 11.3 Å². The van der Waals surface area contributed by atoms with Gasteiger partial charge in [0.25, 0.3) is 0 Å². The molecular weight excluding hydrogens is 404 g/mol. The highest BCUT2D eigenvalue weighted by Crippen LogP contribution is 2.36. The molecule has 0 bridgehead atoms. The van der Waals surface area contributed by atoms with E-state index in [1.54, 1.807) is 32.2 Å². The van der Waals surface area contributed by atoms with Crippen molar-refractivity contribution in [3.8, 4) is 0 Å². The van der Waals surface area contributed by atoms with Gasteiger partial charge in [-0.3, -0.25) is 10.9 Å². The van der Waals surface area contributed by atoms with Crippen LogP contribution in [-0.4, -0.2) is 34.6 Å². The van der Waals surface area contributed by atoms with Crippen LogP contribution in [0.25, 0.3) is 0 Å². The van der Waals surface area contributed by atoms with E-state index in [4.69, 9.17) is 16.3 Å². The second kappa shape index (κ2) is 7.41. The van der Waals surface area contributed by atoms with Crippen molar-refractivity contribution in [2.75, 3.05) is 6.61 Å². The number of rotatable bonds is 6. The summed E-state index contributed by atoms with van der Waals surface area (Å²) in [5.74, 6) is -4.36. The summed E-state index contributed by atoms with van der Waals surface area (Å²) in [4.78, 5) is 4.00. The van der Waals surface area contributed by atoms with Crippen molar-refractivity contribution in [1.29, 1.82) is 0 Å². The lowest BCUT2D eigenvalue weighted by Crippen LogP contribution is -2.51. The van der Waals surface area contributed by atoms with Gasteiger partial charge in [0.1, 0.15) is 24.3 Å². The van der Waals surface area contributed by atoms with Crippen LogP contribution in [0.15, 0.2) is 35.5 Å². The zero-order valence-corrected chi connectivity index (χ0v) is 15.9. The SMILES string of the molecule is CC1=C(OCC(F)(F)C(F)F)NNC(C(C)[N+]2([O-])Cc3ccnc(Cl)c3C2)=C1. The first kappa shape index (κ1) is 20.7. The second-order valence-corrected chi connectivity index (χ2v) is 7.25. The highest BCUT2D eigenvalue weighted by Gasteiger charge is 2.42. The molecule has 2 atom stereocenters. The predicted molar refractivity (Wildman–Crippen MR) is 93.7 cm³/mol. The first-order valence-electron chi connectivity index (χ1n) is 8.47. The van der Waals surface area contributed by atoms with E-state index in [2.05, 4.69) is 15.8 Å². The molecule has 3 rings (SSSR count). The third-order valence-electron chi connectivity index (χ3n) is 4.90. The maximum Gasteiger partial charge on any atom is 0.340 e. The third-order valence-corrected chi connectivity index (χ3v) is 5.22. The molecule has 154 valence electrons. The van der Waals surface area contributed by atoms with Gasteiger partial charge in [-0.05, 0) is 26.0 Å². The standard InChI is InChI=1S/C17H19ClF4N4O2/c1-9-5-13(24-25-15(9)28-8-17(21,22)16(19)20)10(2)26(27)6-11-3-4-23-14(18)12(11)7-26/h3-5,10,16,24-25H,6-8H2,1-2H3. The Morgan fingerprint density at radius 1 is 1.36 bits per heavy atom. The Morgan fingerprint density at radius 2 is 2.07 bits per heavy atom. The largest absolute Gasteiger partial charge is 0.632 e. The van der Waals surface area contributed by atoms with Crippen molar-refractivity contribution in [3.05, 3.63) is 57.0 Å². The van der Waals surface area contributed by atoms with Crippen LogP contribution < -0.4 is 10.9 Å². The number of pyridine rings is 1. The molecule has 1 aromatic rings. The van der Waals surface area contributed by atoms with Gasteiger partial charge >= 0.3 is 12.3 Å². The summed E-state index contributed by atoms with van der Waals surface area (Å²) in [6.07, 6.45) is -0.705. The number of hydrazine groups is 1. The maximum atomic E-state index is 13.3. The van der Waals surface area contributed by atoms with Gasteiger partial charge in [-0.15, -0.1) is 0 Å². The molecule has 0 saturated heterocycles. The number of aromatic nitrogens is 1. The molecular formula is C17H19ClF4N4O2. The van der Waals surface area contributed by atoms with Crippen LogP contribution in [-0.2, 0) is 17.8 Å². The zero-order valence-electron chi connectivity index (χ0n) is 15.1. The zero-order chi connectivity index (χ0) is 20.7. The fraction of sp³-hybridized carbons (Fsp3) is 0.471. The Hall–Kier alpha value is -2.04. The topological polar surface area (TPSA) is 69.2 Å². The van der Waals surface area contributed by atoms with Crippen molar-refractivity contribution in [3.63, 3.8) is 0 Å². The normalized spacial score (nSPS) is 23.1. The average molecular weight is 423 g/mol. The lowest BCUT2D eigenvalue weighted by Gasteiger charge is -2.45. The Labute approximate surface area is 164 Å². The van der Waals surface area contributed by atoms with Crippen LogP contribution in [0.3, 0.4) is 0 Å². The molecule has 2 N–H and O–H groups in total. The van der Waals surface area contributed by atoms with Gasteiger partial charge in [0.15, 0.2) is 6.61 Å². The van der Waals surface area contributed by atoms with E-state index in [9.17, 15) is 22.8 Å². The number of nitrogens with zero attached hydrogens (tertiary/aromatic N) is 2. The highest BCUT2D eigenvalue weighted by molar-refractivity contribution is 6.30. The van der Waals surface area contributed by atoms with Crippen LogP contribution in [0, 0.1) is 5.21 Å². The number of alkyl halides is 4. The van der Waals surface area contributed by atoms with Crippen LogP contribution in [0.1, 0.15) is 25.0 Å². The number of quaternary nitrogens is 1. The minimum atomic E-state index is -4.26. The van der Waals surface area contributed by atoms with Gasteiger partial charge < -0.3 is 14.6 Å². The summed E-state index contributed by atoms with van der Waals surface area (Å²) >= 11 is 6.08. The lowest BCUT2D eigenvalue weighted by molar-refractivity contribution is -0.917.